The van der Waals surface area contributed by atoms with Crippen molar-refractivity contribution in [1.29, 1.82) is 0 Å². The molecule has 0 aliphatic carbocycles. The molecule has 5 heteroatoms. The normalized spacial score (nSPS) is 11.5. The van der Waals surface area contributed by atoms with Crippen molar-refractivity contribution >= 4 is 43.2 Å². The van der Waals surface area contributed by atoms with Gasteiger partial charge < -0.3 is 5.21 Å². The molecule has 0 aliphatic rings. The molecule has 0 atom stereocenters. The Morgan fingerprint density at radius 2 is 1.59 bits per heavy atom. The number of hydrogen-bond acceptors (Lipinski definition) is 2. The molecule has 0 unspecified atom stereocenters. The monoisotopic (exact) mass is 354 g/mol. The zero-order chi connectivity index (χ0) is 12.3. The summed E-state index contributed by atoms with van der Waals surface area (Å²) in [6.07, 6.45) is 0. The predicted molar refractivity (Wildman–Crippen MR) is 73.7 cm³/mol. The third kappa shape index (κ3) is 3.38. The Balaban J connectivity index is 2.34. The molecule has 0 radical (unpaired) electrons. The van der Waals surface area contributed by atoms with Crippen LogP contribution in [0.3, 0.4) is 0 Å². The van der Waals surface area contributed by atoms with Crippen molar-refractivity contribution in [2.75, 3.05) is 0 Å². The molecule has 0 heterocycles. The summed E-state index contributed by atoms with van der Waals surface area (Å²) < 4.78 is 1.74. The van der Waals surface area contributed by atoms with Crippen LogP contribution in [0.2, 0.25) is 0 Å². The molecule has 0 fully saturated rings. The van der Waals surface area contributed by atoms with Crippen LogP contribution in [0.25, 0.3) is 0 Å². The molecule has 2 aromatic carbocycles. The van der Waals surface area contributed by atoms with Gasteiger partial charge in [0.15, 0.2) is 0 Å². The first-order valence-electron chi connectivity index (χ1n) is 4.85. The SMILES string of the molecule is [O-][N+](=Nc1cccc(Br)c1)c1cccc(Br)c1. The highest BCUT2D eigenvalue weighted by atomic mass is 79.9. The van der Waals surface area contributed by atoms with Crippen molar-refractivity contribution in [2.24, 2.45) is 5.11 Å². The number of azo groups is 1. The summed E-state index contributed by atoms with van der Waals surface area (Å²) in [7, 11) is 0. The lowest BCUT2D eigenvalue weighted by molar-refractivity contribution is -0.435. The summed E-state index contributed by atoms with van der Waals surface area (Å²) in [6.45, 7) is 0. The molecule has 0 aliphatic heterocycles. The lowest BCUT2D eigenvalue weighted by atomic mass is 10.3. The van der Waals surface area contributed by atoms with E-state index in [0.29, 0.717) is 16.2 Å². The van der Waals surface area contributed by atoms with Gasteiger partial charge in [-0.15, -0.1) is 0 Å². The van der Waals surface area contributed by atoms with Crippen LogP contribution >= 0.6 is 31.9 Å². The van der Waals surface area contributed by atoms with Gasteiger partial charge in [0.05, 0.1) is 0 Å². The molecule has 0 N–H and O–H groups in total. The van der Waals surface area contributed by atoms with Crippen molar-refractivity contribution in [2.45, 2.75) is 0 Å². The van der Waals surface area contributed by atoms with Crippen molar-refractivity contribution in [3.05, 3.63) is 62.7 Å². The van der Waals surface area contributed by atoms with Crippen molar-refractivity contribution in [3.63, 3.8) is 0 Å². The van der Waals surface area contributed by atoms with E-state index in [4.69, 9.17) is 0 Å². The number of rotatable bonds is 2. The van der Waals surface area contributed by atoms with Gasteiger partial charge in [-0.1, -0.05) is 48.9 Å². The largest absolute Gasteiger partial charge is 0.594 e. The number of nitrogens with zero attached hydrogens (tertiary/aromatic N) is 2. The van der Waals surface area contributed by atoms with Crippen LogP contribution in [0.1, 0.15) is 0 Å². The second-order valence-electron chi connectivity index (χ2n) is 3.33. The Labute approximate surface area is 116 Å². The third-order valence-electron chi connectivity index (χ3n) is 2.04. The maximum absolute atomic E-state index is 11.8. The summed E-state index contributed by atoms with van der Waals surface area (Å²) >= 11 is 6.64. The van der Waals surface area contributed by atoms with E-state index >= 15 is 0 Å². The average molecular weight is 356 g/mol. The summed E-state index contributed by atoms with van der Waals surface area (Å²) in [6, 6.07) is 14.3. The van der Waals surface area contributed by atoms with Gasteiger partial charge in [-0.25, -0.2) is 0 Å². The van der Waals surface area contributed by atoms with E-state index in [9.17, 15) is 5.21 Å². The molecule has 0 bridgehead atoms. The van der Waals surface area contributed by atoms with E-state index in [2.05, 4.69) is 37.0 Å². The van der Waals surface area contributed by atoms with E-state index in [1.807, 2.05) is 18.2 Å². The van der Waals surface area contributed by atoms with Gasteiger partial charge in [-0.05, 0) is 24.3 Å². The Morgan fingerprint density at radius 3 is 2.24 bits per heavy atom. The number of hydrogen-bond donors (Lipinski definition) is 0. The van der Waals surface area contributed by atoms with Crippen LogP contribution in [-0.2, 0) is 0 Å². The third-order valence-corrected chi connectivity index (χ3v) is 3.03. The Kier molecular flexibility index (Phi) is 3.91. The van der Waals surface area contributed by atoms with Gasteiger partial charge in [0.1, 0.15) is 5.69 Å². The van der Waals surface area contributed by atoms with Crippen LogP contribution in [0.4, 0.5) is 11.4 Å². The van der Waals surface area contributed by atoms with Gasteiger partial charge in [-0.2, -0.15) is 0 Å². The van der Waals surface area contributed by atoms with E-state index in [1.54, 1.807) is 30.3 Å². The van der Waals surface area contributed by atoms with Crippen LogP contribution in [0.5, 0.6) is 0 Å². The van der Waals surface area contributed by atoms with Gasteiger partial charge >= 0.3 is 0 Å². The van der Waals surface area contributed by atoms with E-state index in [0.717, 1.165) is 8.95 Å². The standard InChI is InChI=1S/C12H8Br2N2O/c13-9-3-1-5-11(7-9)15-16(17)12-6-2-4-10(14)8-12/h1-8H. The zero-order valence-corrected chi connectivity index (χ0v) is 11.8. The Bertz CT molecular complexity index is 570. The van der Waals surface area contributed by atoms with E-state index in [1.165, 1.54) is 0 Å². The Hall–Kier alpha value is -1.20. The molecule has 0 saturated heterocycles. The van der Waals surface area contributed by atoms with Crippen molar-refractivity contribution in [1.82, 2.24) is 0 Å². The molecule has 17 heavy (non-hydrogen) atoms. The molecule has 0 spiro atoms. The van der Waals surface area contributed by atoms with Crippen LogP contribution < -0.4 is 0 Å². The van der Waals surface area contributed by atoms with E-state index in [-0.39, 0.29) is 0 Å². The van der Waals surface area contributed by atoms with Crippen molar-refractivity contribution < 1.29 is 4.86 Å². The predicted octanol–water partition coefficient (Wildman–Crippen LogP) is 5.14. The lowest BCUT2D eigenvalue weighted by Gasteiger charge is -2.00. The molecular formula is C12H8Br2N2O. The van der Waals surface area contributed by atoms with E-state index < -0.39 is 0 Å². The highest BCUT2D eigenvalue weighted by molar-refractivity contribution is 9.10. The van der Waals surface area contributed by atoms with Crippen LogP contribution in [-0.4, -0.2) is 4.86 Å². The molecule has 86 valence electrons. The topological polar surface area (TPSA) is 38.4 Å². The molecule has 0 amide bonds. The van der Waals surface area contributed by atoms with Gasteiger partial charge in [0, 0.05) is 26.2 Å². The fourth-order valence-electron chi connectivity index (χ4n) is 1.30. The van der Waals surface area contributed by atoms with Crippen LogP contribution in [0.15, 0.2) is 62.6 Å². The fourth-order valence-corrected chi connectivity index (χ4v) is 2.07. The first kappa shape index (κ1) is 12.3. The summed E-state index contributed by atoms with van der Waals surface area (Å²) in [5, 5.41) is 15.7. The number of benzene rings is 2. The lowest BCUT2D eigenvalue weighted by Crippen LogP contribution is -1.89. The Morgan fingerprint density at radius 1 is 0.941 bits per heavy atom. The minimum absolute atomic E-state index is 0.486. The zero-order valence-electron chi connectivity index (χ0n) is 8.68. The highest BCUT2D eigenvalue weighted by Crippen LogP contribution is 2.22. The molecule has 2 aromatic rings. The smallest absolute Gasteiger partial charge is 0.246 e. The quantitative estimate of drug-likeness (QED) is 0.417. The second kappa shape index (κ2) is 5.42. The molecule has 0 aromatic heterocycles. The molecule has 0 saturated carbocycles. The van der Waals surface area contributed by atoms with Gasteiger partial charge in [-0.3, -0.25) is 0 Å². The molecular weight excluding hydrogens is 348 g/mol. The minimum Gasteiger partial charge on any atom is -0.594 e. The number of halogens is 2. The maximum Gasteiger partial charge on any atom is 0.246 e. The first-order valence-corrected chi connectivity index (χ1v) is 6.44. The summed E-state index contributed by atoms with van der Waals surface area (Å²) in [4.78, 5) is 0.604. The highest BCUT2D eigenvalue weighted by Gasteiger charge is 2.04. The summed E-state index contributed by atoms with van der Waals surface area (Å²) in [5.74, 6) is 0. The van der Waals surface area contributed by atoms with Crippen LogP contribution in [0, 0.1) is 5.21 Å². The minimum atomic E-state index is 0.486. The maximum atomic E-state index is 11.8. The fraction of sp³-hybridized carbons (Fsp3) is 0. The first-order chi connectivity index (χ1) is 8.15. The average Bonchev–Trinajstić information content (AvgIpc) is 2.29. The molecule has 3 nitrogen and oxygen atoms in total. The summed E-state index contributed by atoms with van der Waals surface area (Å²) in [5.41, 5.74) is 1.09. The van der Waals surface area contributed by atoms with Gasteiger partial charge in [0.25, 0.3) is 0 Å². The molecule has 2 rings (SSSR count). The van der Waals surface area contributed by atoms with Crippen molar-refractivity contribution in [3.8, 4) is 0 Å². The second-order valence-corrected chi connectivity index (χ2v) is 5.16. The van der Waals surface area contributed by atoms with Gasteiger partial charge in [0.2, 0.25) is 5.69 Å².